The third kappa shape index (κ3) is 5.99. The van der Waals surface area contributed by atoms with Crippen LogP contribution in [0.5, 0.6) is 23.0 Å². The molecular formula is C40H32N2O6. The van der Waals surface area contributed by atoms with E-state index in [1.165, 1.54) is 0 Å². The summed E-state index contributed by atoms with van der Waals surface area (Å²) in [5, 5.41) is 1.63. The van der Waals surface area contributed by atoms with Crippen LogP contribution in [0.15, 0.2) is 140 Å². The fraction of sp³-hybridized carbons (Fsp3) is 0.100. The molecule has 0 aliphatic rings. The second kappa shape index (κ2) is 13.2. The van der Waals surface area contributed by atoms with Crippen molar-refractivity contribution in [3.8, 4) is 45.3 Å². The lowest BCUT2D eigenvalue weighted by atomic mass is 10.1. The summed E-state index contributed by atoms with van der Waals surface area (Å²) in [7, 11) is 6.48. The highest BCUT2D eigenvalue weighted by molar-refractivity contribution is 5.89. The molecule has 0 saturated carbocycles. The van der Waals surface area contributed by atoms with Gasteiger partial charge in [-0.25, -0.2) is 9.98 Å². The van der Waals surface area contributed by atoms with Gasteiger partial charge in [0.05, 0.1) is 50.6 Å². The van der Waals surface area contributed by atoms with E-state index in [9.17, 15) is 0 Å². The summed E-state index contributed by atoms with van der Waals surface area (Å²) >= 11 is 0. The van der Waals surface area contributed by atoms with Gasteiger partial charge in [0.25, 0.3) is 0 Å². The molecule has 0 amide bonds. The second-order valence-electron chi connectivity index (χ2n) is 10.9. The van der Waals surface area contributed by atoms with Crippen molar-refractivity contribution in [2.24, 2.45) is 9.98 Å². The van der Waals surface area contributed by atoms with Crippen LogP contribution >= 0.6 is 0 Å². The van der Waals surface area contributed by atoms with Crippen LogP contribution in [-0.2, 0) is 0 Å². The zero-order valence-corrected chi connectivity index (χ0v) is 26.9. The Kier molecular flexibility index (Phi) is 8.36. The molecule has 8 heteroatoms. The van der Waals surface area contributed by atoms with Gasteiger partial charge in [-0.2, -0.15) is 0 Å². The van der Waals surface area contributed by atoms with Gasteiger partial charge in [0.2, 0.25) is 11.1 Å². The summed E-state index contributed by atoms with van der Waals surface area (Å²) in [6.45, 7) is 0. The normalized spacial score (nSPS) is 12.0. The Morgan fingerprint density at radius 2 is 0.833 bits per heavy atom. The molecule has 0 aliphatic heterocycles. The van der Waals surface area contributed by atoms with Crippen molar-refractivity contribution in [2.45, 2.75) is 0 Å². The van der Waals surface area contributed by atoms with Crippen LogP contribution in [0, 0.1) is 0 Å². The van der Waals surface area contributed by atoms with E-state index in [0.717, 1.165) is 33.0 Å². The van der Waals surface area contributed by atoms with Crippen molar-refractivity contribution >= 4 is 33.3 Å². The number of hydrogen-bond acceptors (Lipinski definition) is 8. The van der Waals surface area contributed by atoms with Gasteiger partial charge in [-0.15, -0.1) is 0 Å². The summed E-state index contributed by atoms with van der Waals surface area (Å²) < 4.78 is 35.1. The van der Waals surface area contributed by atoms with E-state index >= 15 is 0 Å². The van der Waals surface area contributed by atoms with Gasteiger partial charge in [0.1, 0.15) is 34.2 Å². The van der Waals surface area contributed by atoms with Gasteiger partial charge in [0, 0.05) is 35.4 Å². The molecule has 48 heavy (non-hydrogen) atoms. The predicted molar refractivity (Wildman–Crippen MR) is 186 cm³/mol. The summed E-state index contributed by atoms with van der Waals surface area (Å²) in [5.74, 6) is 2.54. The van der Waals surface area contributed by atoms with Crippen molar-refractivity contribution in [2.75, 3.05) is 28.4 Å². The maximum absolute atomic E-state index is 6.42. The Morgan fingerprint density at radius 3 is 1.19 bits per heavy atom. The van der Waals surface area contributed by atoms with Gasteiger partial charge in [-0.05, 0) is 47.5 Å². The smallest absolute Gasteiger partial charge is 0.227 e. The third-order valence-corrected chi connectivity index (χ3v) is 8.00. The maximum Gasteiger partial charge on any atom is 0.227 e. The standard InChI is InChI=1S/C40H32N2O6/c1-43-29-19-35(45-3)33-23-31(25-11-7-5-8-12-25)39(47-37(33)21-29)41-27-15-17-28(18-16-27)42-40-32(26-13-9-6-10-14-26)24-34-36(46-4)20-30(44-2)22-38(34)48-40/h5-24H,1-4H3. The first kappa shape index (κ1) is 30.4. The highest BCUT2D eigenvalue weighted by atomic mass is 16.5. The Bertz CT molecular complexity index is 2210. The van der Waals surface area contributed by atoms with E-state index < -0.39 is 0 Å². The van der Waals surface area contributed by atoms with Crippen molar-refractivity contribution in [3.05, 3.63) is 132 Å². The van der Waals surface area contributed by atoms with E-state index in [-0.39, 0.29) is 0 Å². The number of nitrogens with zero attached hydrogens (tertiary/aromatic N) is 2. The van der Waals surface area contributed by atoms with E-state index in [2.05, 4.69) is 0 Å². The largest absolute Gasteiger partial charge is 0.496 e. The minimum absolute atomic E-state index is 0.451. The predicted octanol–water partition coefficient (Wildman–Crippen LogP) is 9.01. The monoisotopic (exact) mass is 636 g/mol. The van der Waals surface area contributed by atoms with Gasteiger partial charge >= 0.3 is 0 Å². The summed E-state index contributed by atoms with van der Waals surface area (Å²) in [4.78, 5) is 9.86. The molecule has 238 valence electrons. The molecule has 0 fully saturated rings. The Morgan fingerprint density at radius 1 is 0.438 bits per heavy atom. The Balaban J connectivity index is 1.36. The highest BCUT2D eigenvalue weighted by Gasteiger charge is 2.14. The second-order valence-corrected chi connectivity index (χ2v) is 10.9. The van der Waals surface area contributed by atoms with Crippen LogP contribution in [0.25, 0.3) is 44.2 Å². The van der Waals surface area contributed by atoms with Gasteiger partial charge < -0.3 is 27.8 Å². The van der Waals surface area contributed by atoms with Gasteiger partial charge in [-0.3, -0.25) is 0 Å². The van der Waals surface area contributed by atoms with Crippen molar-refractivity contribution in [1.29, 1.82) is 0 Å². The third-order valence-electron chi connectivity index (χ3n) is 8.00. The summed E-state index contributed by atoms with van der Waals surface area (Å²) in [6.07, 6.45) is 0. The fourth-order valence-electron chi connectivity index (χ4n) is 5.56. The van der Waals surface area contributed by atoms with Crippen LogP contribution in [0.4, 0.5) is 11.4 Å². The van der Waals surface area contributed by atoms with Crippen molar-refractivity contribution in [3.63, 3.8) is 0 Å². The van der Waals surface area contributed by atoms with Crippen LogP contribution in [0.2, 0.25) is 0 Å². The number of ether oxygens (including phenoxy) is 4. The van der Waals surface area contributed by atoms with E-state index in [1.807, 2.05) is 121 Å². The summed E-state index contributed by atoms with van der Waals surface area (Å²) in [5.41, 5.74) is 7.06. The lowest BCUT2D eigenvalue weighted by Gasteiger charge is -2.11. The SMILES string of the molecule is COc1cc(OC)c2cc(-c3ccccc3)c(=Nc3ccc(N=c4oc5cc(OC)cc(OC)c5cc4-c4ccccc4)cc3)oc2c1. The summed E-state index contributed by atoms with van der Waals surface area (Å²) in [6, 6.07) is 39.0. The highest BCUT2D eigenvalue weighted by Crippen LogP contribution is 2.34. The molecule has 7 aromatic rings. The average Bonchev–Trinajstić information content (AvgIpc) is 3.14. The quantitative estimate of drug-likeness (QED) is 0.165. The van der Waals surface area contributed by atoms with E-state index in [1.54, 1.807) is 28.4 Å². The zero-order chi connectivity index (χ0) is 33.0. The molecule has 8 nitrogen and oxygen atoms in total. The molecular weight excluding hydrogens is 604 g/mol. The van der Waals surface area contributed by atoms with E-state index in [0.29, 0.717) is 56.6 Å². The van der Waals surface area contributed by atoms with Crippen LogP contribution in [-0.4, -0.2) is 28.4 Å². The topological polar surface area (TPSA) is 87.9 Å². The molecule has 0 bridgehead atoms. The lowest BCUT2D eigenvalue weighted by Crippen LogP contribution is -2.06. The molecule has 2 heterocycles. The molecule has 5 aromatic carbocycles. The molecule has 0 atom stereocenters. The van der Waals surface area contributed by atoms with Gasteiger partial charge in [-0.1, -0.05) is 60.7 Å². The number of methoxy groups -OCH3 is 4. The fourth-order valence-corrected chi connectivity index (χ4v) is 5.56. The first-order valence-electron chi connectivity index (χ1n) is 15.3. The maximum atomic E-state index is 6.42. The molecule has 0 saturated heterocycles. The van der Waals surface area contributed by atoms with Crippen LogP contribution < -0.4 is 30.1 Å². The van der Waals surface area contributed by atoms with Gasteiger partial charge in [0.15, 0.2) is 0 Å². The Labute approximate surface area is 276 Å². The molecule has 7 rings (SSSR count). The van der Waals surface area contributed by atoms with Crippen LogP contribution in [0.1, 0.15) is 0 Å². The van der Waals surface area contributed by atoms with Crippen molar-refractivity contribution in [1.82, 2.24) is 0 Å². The minimum Gasteiger partial charge on any atom is -0.496 e. The zero-order valence-electron chi connectivity index (χ0n) is 26.9. The number of rotatable bonds is 8. The van der Waals surface area contributed by atoms with Crippen LogP contribution in [0.3, 0.4) is 0 Å². The first-order valence-corrected chi connectivity index (χ1v) is 15.3. The molecule has 0 aliphatic carbocycles. The van der Waals surface area contributed by atoms with E-state index in [4.69, 9.17) is 37.8 Å². The van der Waals surface area contributed by atoms with Crippen molar-refractivity contribution < 1.29 is 27.8 Å². The molecule has 0 N–H and O–H groups in total. The first-order chi connectivity index (χ1) is 23.6. The molecule has 2 aromatic heterocycles. The number of benzene rings is 5. The number of hydrogen-bond donors (Lipinski definition) is 0. The minimum atomic E-state index is 0.451. The molecule has 0 radical (unpaired) electrons. The average molecular weight is 637 g/mol. The molecule has 0 unspecified atom stereocenters. The Hall–Kier alpha value is -6.28. The lowest BCUT2D eigenvalue weighted by molar-refractivity contribution is 0.395. The molecule has 0 spiro atoms. The number of fused-ring (bicyclic) bond motifs is 2.